The number of ether oxygens (including phenoxy) is 2. The van der Waals surface area contributed by atoms with Crippen molar-refractivity contribution in [2.24, 2.45) is 0 Å². The van der Waals surface area contributed by atoms with Gasteiger partial charge < -0.3 is 14.8 Å². The van der Waals surface area contributed by atoms with Gasteiger partial charge in [0.15, 0.2) is 20.8 Å². The van der Waals surface area contributed by atoms with Crippen molar-refractivity contribution in [2.45, 2.75) is 15.8 Å². The number of hydrogen-bond donors (Lipinski definition) is 1. The standard InChI is InChI=1S/C25H24N4O5S2/c1-33-19-13-14-22(34-2)21(15-19)26-24(30)16-35-25-28-27-23(29(25)18-9-5-3-6-10-18)17-36(31,32)20-11-7-4-8-12-20/h3-15H,16-17H2,1-2H3,(H,26,30). The number of benzene rings is 3. The van der Waals surface area contributed by atoms with Gasteiger partial charge in [0.1, 0.15) is 17.3 Å². The quantitative estimate of drug-likeness (QED) is 0.310. The van der Waals surface area contributed by atoms with E-state index in [0.717, 1.165) is 11.8 Å². The van der Waals surface area contributed by atoms with Gasteiger partial charge in [-0.3, -0.25) is 9.36 Å². The first-order valence-corrected chi connectivity index (χ1v) is 13.5. The predicted octanol–water partition coefficient (Wildman–Crippen LogP) is 3.99. The molecule has 3 aromatic carbocycles. The van der Waals surface area contributed by atoms with Crippen LogP contribution in [0.25, 0.3) is 5.69 Å². The van der Waals surface area contributed by atoms with Crippen molar-refractivity contribution >= 4 is 33.2 Å². The second-order valence-corrected chi connectivity index (χ2v) is 10.5. The summed E-state index contributed by atoms with van der Waals surface area (Å²) in [5.41, 5.74) is 1.17. The first-order chi connectivity index (χ1) is 17.4. The highest BCUT2D eigenvalue weighted by Crippen LogP contribution is 2.30. The van der Waals surface area contributed by atoms with E-state index >= 15 is 0 Å². The highest BCUT2D eigenvalue weighted by molar-refractivity contribution is 7.99. The minimum absolute atomic E-state index is 0.0107. The molecule has 4 rings (SSSR count). The number of nitrogens with zero attached hydrogens (tertiary/aromatic N) is 3. The summed E-state index contributed by atoms with van der Waals surface area (Å²) in [6.07, 6.45) is 0. The van der Waals surface area contributed by atoms with Crippen LogP contribution in [-0.4, -0.2) is 49.1 Å². The predicted molar refractivity (Wildman–Crippen MR) is 138 cm³/mol. The molecule has 0 saturated carbocycles. The van der Waals surface area contributed by atoms with Crippen molar-refractivity contribution in [1.29, 1.82) is 0 Å². The Kier molecular flexibility index (Phi) is 7.91. The van der Waals surface area contributed by atoms with Crippen LogP contribution in [0.15, 0.2) is 88.9 Å². The lowest BCUT2D eigenvalue weighted by atomic mass is 10.2. The molecule has 0 bridgehead atoms. The maximum atomic E-state index is 13.0. The van der Waals surface area contributed by atoms with Gasteiger partial charge in [0.2, 0.25) is 5.91 Å². The van der Waals surface area contributed by atoms with E-state index in [0.29, 0.717) is 28.0 Å². The van der Waals surface area contributed by atoms with Crippen LogP contribution in [0.5, 0.6) is 11.5 Å². The molecule has 1 heterocycles. The summed E-state index contributed by atoms with van der Waals surface area (Å²) < 4.78 is 38.2. The minimum atomic E-state index is -3.65. The lowest BCUT2D eigenvalue weighted by molar-refractivity contribution is -0.113. The Bertz CT molecular complexity index is 1440. The molecular formula is C25H24N4O5S2. The van der Waals surface area contributed by atoms with Crippen molar-refractivity contribution in [2.75, 3.05) is 25.3 Å². The fraction of sp³-hybridized carbons (Fsp3) is 0.160. The normalized spacial score (nSPS) is 11.2. The number of anilines is 1. The Morgan fingerprint density at radius 3 is 2.31 bits per heavy atom. The van der Waals surface area contributed by atoms with Crippen LogP contribution in [-0.2, 0) is 20.4 Å². The average molecular weight is 525 g/mol. The van der Waals surface area contributed by atoms with Gasteiger partial charge in [-0.15, -0.1) is 10.2 Å². The number of methoxy groups -OCH3 is 2. The third-order valence-corrected chi connectivity index (χ3v) is 7.71. The minimum Gasteiger partial charge on any atom is -0.497 e. The fourth-order valence-corrected chi connectivity index (χ4v) is 5.47. The molecule has 1 N–H and O–H groups in total. The van der Waals surface area contributed by atoms with Crippen LogP contribution in [0.1, 0.15) is 5.82 Å². The van der Waals surface area contributed by atoms with E-state index in [2.05, 4.69) is 15.5 Å². The molecule has 0 radical (unpaired) electrons. The SMILES string of the molecule is COc1ccc(OC)c(NC(=O)CSc2nnc(CS(=O)(=O)c3ccccc3)n2-c2ccccc2)c1. The summed E-state index contributed by atoms with van der Waals surface area (Å²) in [5, 5.41) is 11.6. The number of sulfone groups is 1. The summed E-state index contributed by atoms with van der Waals surface area (Å²) in [5.74, 6) is 0.695. The number of aromatic nitrogens is 3. The summed E-state index contributed by atoms with van der Waals surface area (Å²) in [6.45, 7) is 0. The van der Waals surface area contributed by atoms with Gasteiger partial charge in [-0.25, -0.2) is 8.42 Å². The molecule has 1 aromatic heterocycles. The van der Waals surface area contributed by atoms with Crippen LogP contribution < -0.4 is 14.8 Å². The number of rotatable bonds is 10. The van der Waals surface area contributed by atoms with Crippen LogP contribution >= 0.6 is 11.8 Å². The molecule has 0 spiro atoms. The number of nitrogens with one attached hydrogen (secondary N) is 1. The molecule has 0 atom stereocenters. The van der Waals surface area contributed by atoms with E-state index < -0.39 is 9.84 Å². The third kappa shape index (κ3) is 5.86. The highest BCUT2D eigenvalue weighted by Gasteiger charge is 2.23. The van der Waals surface area contributed by atoms with Gasteiger partial charge in [-0.1, -0.05) is 48.2 Å². The molecule has 0 aliphatic rings. The van der Waals surface area contributed by atoms with Gasteiger partial charge in [-0.2, -0.15) is 0 Å². The summed E-state index contributed by atoms with van der Waals surface area (Å²) in [4.78, 5) is 12.9. The van der Waals surface area contributed by atoms with Crippen molar-refractivity contribution in [3.05, 3.63) is 84.7 Å². The van der Waals surface area contributed by atoms with Crippen LogP contribution in [0.3, 0.4) is 0 Å². The Morgan fingerprint density at radius 2 is 1.64 bits per heavy atom. The Balaban J connectivity index is 1.57. The second-order valence-electron chi connectivity index (χ2n) is 7.54. The van der Waals surface area contributed by atoms with Crippen molar-refractivity contribution in [1.82, 2.24) is 14.8 Å². The zero-order valence-corrected chi connectivity index (χ0v) is 21.3. The maximum absolute atomic E-state index is 13.0. The average Bonchev–Trinajstić information content (AvgIpc) is 3.30. The number of amides is 1. The number of carbonyl (C=O) groups excluding carboxylic acids is 1. The van der Waals surface area contributed by atoms with E-state index in [4.69, 9.17) is 9.47 Å². The summed E-state index contributed by atoms with van der Waals surface area (Å²) in [7, 11) is -0.604. The monoisotopic (exact) mass is 524 g/mol. The number of para-hydroxylation sites is 1. The lowest BCUT2D eigenvalue weighted by Crippen LogP contribution is -2.15. The molecule has 36 heavy (non-hydrogen) atoms. The van der Waals surface area contributed by atoms with Gasteiger partial charge >= 0.3 is 0 Å². The lowest BCUT2D eigenvalue weighted by Gasteiger charge is -2.12. The van der Waals surface area contributed by atoms with E-state index in [1.54, 1.807) is 53.1 Å². The molecule has 11 heteroatoms. The van der Waals surface area contributed by atoms with E-state index in [1.165, 1.54) is 14.2 Å². The second kappa shape index (κ2) is 11.3. The Morgan fingerprint density at radius 1 is 0.944 bits per heavy atom. The molecule has 0 saturated heterocycles. The van der Waals surface area contributed by atoms with E-state index in [-0.39, 0.29) is 28.1 Å². The summed E-state index contributed by atoms with van der Waals surface area (Å²) >= 11 is 1.15. The van der Waals surface area contributed by atoms with Gasteiger partial charge in [-0.05, 0) is 36.4 Å². The van der Waals surface area contributed by atoms with Gasteiger partial charge in [0, 0.05) is 11.8 Å². The van der Waals surface area contributed by atoms with E-state index in [1.807, 2.05) is 30.3 Å². The zero-order valence-electron chi connectivity index (χ0n) is 19.6. The largest absolute Gasteiger partial charge is 0.497 e. The topological polar surface area (TPSA) is 112 Å². The first-order valence-electron chi connectivity index (χ1n) is 10.8. The first kappa shape index (κ1) is 25.3. The molecule has 9 nitrogen and oxygen atoms in total. The molecule has 0 aliphatic heterocycles. The smallest absolute Gasteiger partial charge is 0.234 e. The fourth-order valence-electron chi connectivity index (χ4n) is 3.43. The number of carbonyl (C=O) groups is 1. The van der Waals surface area contributed by atoms with Crippen LogP contribution in [0.2, 0.25) is 0 Å². The van der Waals surface area contributed by atoms with Crippen molar-refractivity contribution in [3.8, 4) is 17.2 Å². The molecule has 4 aromatic rings. The number of thioether (sulfide) groups is 1. The zero-order chi connectivity index (χ0) is 25.5. The molecule has 0 fully saturated rings. The molecule has 1 amide bonds. The third-order valence-electron chi connectivity index (χ3n) is 5.15. The highest BCUT2D eigenvalue weighted by atomic mass is 32.2. The van der Waals surface area contributed by atoms with Crippen molar-refractivity contribution < 1.29 is 22.7 Å². The van der Waals surface area contributed by atoms with Crippen LogP contribution in [0.4, 0.5) is 5.69 Å². The Labute approximate surface area is 213 Å². The summed E-state index contributed by atoms with van der Waals surface area (Å²) in [6, 6.07) is 22.5. The molecule has 0 aliphatic carbocycles. The number of hydrogen-bond acceptors (Lipinski definition) is 8. The molecule has 186 valence electrons. The Hall–Kier alpha value is -3.83. The maximum Gasteiger partial charge on any atom is 0.234 e. The van der Waals surface area contributed by atoms with Gasteiger partial charge in [0.05, 0.1) is 30.6 Å². The molecule has 0 unspecified atom stereocenters. The molecular weight excluding hydrogens is 500 g/mol. The van der Waals surface area contributed by atoms with E-state index in [9.17, 15) is 13.2 Å². The van der Waals surface area contributed by atoms with Gasteiger partial charge in [0.25, 0.3) is 0 Å². The van der Waals surface area contributed by atoms with Crippen LogP contribution in [0, 0.1) is 0 Å². The van der Waals surface area contributed by atoms with Crippen molar-refractivity contribution in [3.63, 3.8) is 0 Å².